The van der Waals surface area contributed by atoms with Crippen LogP contribution in [0.2, 0.25) is 10.2 Å². The molecule has 0 saturated heterocycles. The highest BCUT2D eigenvalue weighted by Gasteiger charge is 2.18. The van der Waals surface area contributed by atoms with Crippen molar-refractivity contribution in [1.82, 2.24) is 4.37 Å². The Hall–Kier alpha value is -0.320. The van der Waals surface area contributed by atoms with E-state index >= 15 is 0 Å². The number of aromatic nitrogens is 1. The fourth-order valence-electron chi connectivity index (χ4n) is 0.647. The van der Waals surface area contributed by atoms with Gasteiger partial charge in [0.2, 0.25) is 0 Å². The molecule has 1 aromatic heterocycles. The molecule has 1 heterocycles. The van der Waals surface area contributed by atoms with Crippen LogP contribution in [-0.4, -0.2) is 16.9 Å². The molecule has 1 rings (SSSR count). The molecule has 1 aromatic rings. The molecule has 0 spiro atoms. The van der Waals surface area contributed by atoms with Gasteiger partial charge in [0.05, 0.1) is 6.61 Å². The van der Waals surface area contributed by atoms with Gasteiger partial charge in [-0.3, -0.25) is 0 Å². The zero-order valence-electron chi connectivity index (χ0n) is 6.84. The second-order valence-corrected chi connectivity index (χ2v) is 3.76. The number of halogens is 2. The molecule has 13 heavy (non-hydrogen) atoms. The predicted molar refractivity (Wildman–Crippen MR) is 52.7 cm³/mol. The first-order chi connectivity index (χ1) is 6.16. The van der Waals surface area contributed by atoms with Crippen molar-refractivity contribution in [3.05, 3.63) is 15.1 Å². The van der Waals surface area contributed by atoms with Gasteiger partial charge in [0, 0.05) is 0 Å². The molecule has 0 aliphatic heterocycles. The summed E-state index contributed by atoms with van der Waals surface area (Å²) in [7, 11) is 0. The third kappa shape index (κ3) is 2.56. The lowest BCUT2D eigenvalue weighted by molar-refractivity contribution is 0.0511. The Labute approximate surface area is 89.8 Å². The van der Waals surface area contributed by atoms with Crippen molar-refractivity contribution in [2.45, 2.75) is 13.3 Å². The first-order valence-corrected chi connectivity index (χ1v) is 5.17. The van der Waals surface area contributed by atoms with Gasteiger partial charge in [-0.15, -0.1) is 0 Å². The van der Waals surface area contributed by atoms with Crippen molar-refractivity contribution in [2.24, 2.45) is 0 Å². The molecular formula is C7H7Cl2NO2S. The molecule has 0 unspecified atom stereocenters. The van der Waals surface area contributed by atoms with Crippen molar-refractivity contribution >= 4 is 40.7 Å². The standard InChI is InChI=1S/C7H7Cl2NO2S/c1-2-3-12-7(11)5-4(8)6(9)10-13-5/h2-3H2,1H3. The van der Waals surface area contributed by atoms with Gasteiger partial charge < -0.3 is 4.74 Å². The number of hydrogen-bond acceptors (Lipinski definition) is 4. The van der Waals surface area contributed by atoms with E-state index in [4.69, 9.17) is 27.9 Å². The summed E-state index contributed by atoms with van der Waals surface area (Å²) >= 11 is 12.2. The molecule has 0 N–H and O–H groups in total. The summed E-state index contributed by atoms with van der Waals surface area (Å²) in [5, 5.41) is 0.322. The zero-order valence-corrected chi connectivity index (χ0v) is 9.17. The van der Waals surface area contributed by atoms with E-state index in [2.05, 4.69) is 4.37 Å². The second-order valence-electron chi connectivity index (χ2n) is 2.25. The normalized spacial score (nSPS) is 10.1. The fourth-order valence-corrected chi connectivity index (χ4v) is 1.75. The molecule has 0 aromatic carbocycles. The maximum absolute atomic E-state index is 11.2. The van der Waals surface area contributed by atoms with E-state index in [1.54, 1.807) is 0 Å². The van der Waals surface area contributed by atoms with E-state index in [0.29, 0.717) is 6.61 Å². The smallest absolute Gasteiger partial charge is 0.351 e. The van der Waals surface area contributed by atoms with Gasteiger partial charge in [0.1, 0.15) is 5.02 Å². The van der Waals surface area contributed by atoms with Crippen LogP contribution in [0.4, 0.5) is 0 Å². The Morgan fingerprint density at radius 2 is 2.31 bits per heavy atom. The average molecular weight is 240 g/mol. The number of ether oxygens (including phenoxy) is 1. The fraction of sp³-hybridized carbons (Fsp3) is 0.429. The van der Waals surface area contributed by atoms with Crippen LogP contribution in [0.1, 0.15) is 23.0 Å². The SMILES string of the molecule is CCCOC(=O)c1snc(Cl)c1Cl. The Bertz CT molecular complexity index is 313. The topological polar surface area (TPSA) is 39.2 Å². The first kappa shape index (κ1) is 10.8. The zero-order chi connectivity index (χ0) is 9.84. The van der Waals surface area contributed by atoms with Gasteiger partial charge >= 0.3 is 5.97 Å². The molecule has 0 radical (unpaired) electrons. The maximum Gasteiger partial charge on any atom is 0.351 e. The van der Waals surface area contributed by atoms with Crippen LogP contribution in [0.3, 0.4) is 0 Å². The van der Waals surface area contributed by atoms with Crippen LogP contribution >= 0.6 is 34.7 Å². The van der Waals surface area contributed by atoms with E-state index in [9.17, 15) is 4.79 Å². The summed E-state index contributed by atoms with van der Waals surface area (Å²) in [4.78, 5) is 11.5. The summed E-state index contributed by atoms with van der Waals surface area (Å²) in [5.74, 6) is -0.462. The van der Waals surface area contributed by atoms with Crippen LogP contribution in [0, 0.1) is 0 Å². The highest BCUT2D eigenvalue weighted by atomic mass is 35.5. The first-order valence-electron chi connectivity index (χ1n) is 3.64. The number of hydrogen-bond donors (Lipinski definition) is 0. The number of rotatable bonds is 3. The summed E-state index contributed by atoms with van der Waals surface area (Å²) in [6.45, 7) is 2.29. The lowest BCUT2D eigenvalue weighted by Gasteiger charge is -1.99. The Morgan fingerprint density at radius 1 is 1.62 bits per heavy atom. The minimum Gasteiger partial charge on any atom is -0.461 e. The highest BCUT2D eigenvalue weighted by Crippen LogP contribution is 2.28. The molecule has 0 aliphatic carbocycles. The summed E-state index contributed by atoms with van der Waals surface area (Å²) < 4.78 is 8.58. The molecule has 0 atom stereocenters. The average Bonchev–Trinajstić information content (AvgIpc) is 2.44. The summed E-state index contributed by atoms with van der Waals surface area (Å²) in [5.41, 5.74) is 0. The van der Waals surface area contributed by atoms with E-state index in [-0.39, 0.29) is 15.1 Å². The molecule has 6 heteroatoms. The van der Waals surface area contributed by atoms with Crippen LogP contribution in [0.25, 0.3) is 0 Å². The lowest BCUT2D eigenvalue weighted by atomic mass is 10.5. The molecule has 3 nitrogen and oxygen atoms in total. The van der Waals surface area contributed by atoms with Crippen LogP contribution in [0.5, 0.6) is 0 Å². The number of nitrogens with zero attached hydrogens (tertiary/aromatic N) is 1. The van der Waals surface area contributed by atoms with Crippen LogP contribution in [-0.2, 0) is 4.74 Å². The number of carbonyl (C=O) groups excluding carboxylic acids is 1. The lowest BCUT2D eigenvalue weighted by Crippen LogP contribution is -2.04. The van der Waals surface area contributed by atoms with Gasteiger partial charge in [-0.2, -0.15) is 4.37 Å². The van der Waals surface area contributed by atoms with Crippen molar-refractivity contribution in [3.63, 3.8) is 0 Å². The molecule has 0 saturated carbocycles. The van der Waals surface area contributed by atoms with E-state index in [1.807, 2.05) is 6.92 Å². The van der Waals surface area contributed by atoms with Crippen molar-refractivity contribution in [2.75, 3.05) is 6.61 Å². The third-order valence-electron chi connectivity index (χ3n) is 1.22. The Balaban J connectivity index is 2.71. The maximum atomic E-state index is 11.2. The molecule has 0 fully saturated rings. The Kier molecular flexibility index (Phi) is 3.96. The molecule has 72 valence electrons. The van der Waals surface area contributed by atoms with Gasteiger partial charge in [0.25, 0.3) is 0 Å². The quantitative estimate of drug-likeness (QED) is 0.762. The van der Waals surface area contributed by atoms with Crippen molar-refractivity contribution < 1.29 is 9.53 Å². The van der Waals surface area contributed by atoms with Gasteiger partial charge in [-0.1, -0.05) is 30.1 Å². The van der Waals surface area contributed by atoms with Crippen molar-refractivity contribution in [3.8, 4) is 0 Å². The minimum atomic E-state index is -0.462. The largest absolute Gasteiger partial charge is 0.461 e. The molecule has 0 amide bonds. The minimum absolute atomic E-state index is 0.148. The summed E-state index contributed by atoms with van der Waals surface area (Å²) in [6, 6.07) is 0. The molecular weight excluding hydrogens is 233 g/mol. The third-order valence-corrected chi connectivity index (χ3v) is 3.00. The van der Waals surface area contributed by atoms with Crippen LogP contribution in [0.15, 0.2) is 0 Å². The van der Waals surface area contributed by atoms with E-state index in [1.165, 1.54) is 0 Å². The molecule has 0 bridgehead atoms. The second kappa shape index (κ2) is 4.79. The van der Waals surface area contributed by atoms with Gasteiger partial charge in [-0.05, 0) is 18.0 Å². The van der Waals surface area contributed by atoms with Gasteiger partial charge in [-0.25, -0.2) is 4.79 Å². The highest BCUT2D eigenvalue weighted by molar-refractivity contribution is 7.09. The van der Waals surface area contributed by atoms with Crippen molar-refractivity contribution in [1.29, 1.82) is 0 Å². The van der Waals surface area contributed by atoms with E-state index in [0.717, 1.165) is 18.0 Å². The monoisotopic (exact) mass is 239 g/mol. The predicted octanol–water partition coefficient (Wildman–Crippen LogP) is 3.02. The van der Waals surface area contributed by atoms with Crippen LogP contribution < -0.4 is 0 Å². The number of esters is 1. The number of carbonyl (C=O) groups is 1. The molecule has 0 aliphatic rings. The Morgan fingerprint density at radius 3 is 2.77 bits per heavy atom. The summed E-state index contributed by atoms with van der Waals surface area (Å²) in [6.07, 6.45) is 0.774. The van der Waals surface area contributed by atoms with E-state index < -0.39 is 5.97 Å². The van der Waals surface area contributed by atoms with Gasteiger partial charge in [0.15, 0.2) is 10.0 Å².